The summed E-state index contributed by atoms with van der Waals surface area (Å²) in [6.45, 7) is 5.63. The normalized spacial score (nSPS) is 15.5. The van der Waals surface area contributed by atoms with E-state index in [1.807, 2.05) is 13.8 Å². The zero-order valence-corrected chi connectivity index (χ0v) is 8.78. The zero-order valence-electron chi connectivity index (χ0n) is 7.96. The molecule has 1 heterocycles. The van der Waals surface area contributed by atoms with Gasteiger partial charge in [-0.05, 0) is 13.8 Å². The zero-order chi connectivity index (χ0) is 9.68. The Morgan fingerprint density at radius 2 is 2.54 bits per heavy atom. The third-order valence-corrected chi connectivity index (χ3v) is 2.39. The highest BCUT2D eigenvalue weighted by Crippen LogP contribution is 2.04. The molecule has 0 bridgehead atoms. The molecule has 0 saturated carbocycles. The predicted molar refractivity (Wildman–Crippen MR) is 56.0 cm³/mol. The summed E-state index contributed by atoms with van der Waals surface area (Å²) in [5.74, 6) is 0.515. The van der Waals surface area contributed by atoms with Crippen molar-refractivity contribution in [2.75, 3.05) is 18.8 Å². The van der Waals surface area contributed by atoms with Crippen LogP contribution in [0.15, 0.2) is 4.99 Å². The molecule has 13 heavy (non-hydrogen) atoms. The van der Waals surface area contributed by atoms with Gasteiger partial charge in [0.05, 0.1) is 12.3 Å². The Hall–Kier alpha value is -0.710. The fraction of sp³-hybridized carbons (Fsp3) is 0.750. The van der Waals surface area contributed by atoms with Gasteiger partial charge in [0.25, 0.3) is 0 Å². The van der Waals surface area contributed by atoms with E-state index in [2.05, 4.69) is 15.6 Å². The molecule has 2 N–H and O–H groups in total. The fourth-order valence-electron chi connectivity index (χ4n) is 0.970. The van der Waals surface area contributed by atoms with Gasteiger partial charge in [0.2, 0.25) is 5.91 Å². The maximum atomic E-state index is 11.2. The minimum absolute atomic E-state index is 0.0661. The van der Waals surface area contributed by atoms with Gasteiger partial charge >= 0.3 is 0 Å². The smallest absolute Gasteiger partial charge is 0.230 e. The lowest BCUT2D eigenvalue weighted by atomic mass is 10.4. The van der Waals surface area contributed by atoms with E-state index in [-0.39, 0.29) is 11.9 Å². The van der Waals surface area contributed by atoms with Crippen LogP contribution >= 0.6 is 11.8 Å². The van der Waals surface area contributed by atoms with Crippen molar-refractivity contribution in [3.05, 3.63) is 0 Å². The minimum Gasteiger partial charge on any atom is -0.363 e. The Labute approximate surface area is 82.6 Å². The highest BCUT2D eigenvalue weighted by Gasteiger charge is 2.09. The second kappa shape index (κ2) is 5.11. The van der Waals surface area contributed by atoms with Crippen molar-refractivity contribution in [1.29, 1.82) is 0 Å². The SMILES string of the molecule is CC(C)NC(=O)CSC1=NCCN1. The summed E-state index contributed by atoms with van der Waals surface area (Å²) in [5, 5.41) is 6.81. The molecule has 1 rings (SSSR count). The maximum Gasteiger partial charge on any atom is 0.230 e. The van der Waals surface area contributed by atoms with Gasteiger partial charge < -0.3 is 10.6 Å². The summed E-state index contributed by atoms with van der Waals surface area (Å²) in [6.07, 6.45) is 0. The van der Waals surface area contributed by atoms with Crippen molar-refractivity contribution in [2.45, 2.75) is 19.9 Å². The molecular weight excluding hydrogens is 186 g/mol. The van der Waals surface area contributed by atoms with Crippen LogP contribution in [0, 0.1) is 0 Å². The first kappa shape index (κ1) is 10.4. The summed E-state index contributed by atoms with van der Waals surface area (Å²) in [7, 11) is 0. The van der Waals surface area contributed by atoms with Crippen LogP contribution < -0.4 is 10.6 Å². The molecule has 1 aliphatic heterocycles. The average molecular weight is 201 g/mol. The molecule has 1 amide bonds. The van der Waals surface area contributed by atoms with Crippen LogP contribution in [0.2, 0.25) is 0 Å². The number of carbonyl (C=O) groups excluding carboxylic acids is 1. The number of rotatable bonds is 3. The second-order valence-electron chi connectivity index (χ2n) is 3.12. The lowest BCUT2D eigenvalue weighted by molar-refractivity contribution is -0.119. The van der Waals surface area contributed by atoms with Crippen molar-refractivity contribution >= 4 is 22.8 Å². The van der Waals surface area contributed by atoms with E-state index >= 15 is 0 Å². The number of hydrogen-bond acceptors (Lipinski definition) is 4. The Morgan fingerprint density at radius 1 is 1.77 bits per heavy atom. The lowest BCUT2D eigenvalue weighted by Crippen LogP contribution is -2.32. The summed E-state index contributed by atoms with van der Waals surface area (Å²) < 4.78 is 0. The van der Waals surface area contributed by atoms with Crippen molar-refractivity contribution in [2.24, 2.45) is 4.99 Å². The number of hydrogen-bond donors (Lipinski definition) is 2. The third-order valence-electron chi connectivity index (χ3n) is 1.43. The van der Waals surface area contributed by atoms with E-state index in [4.69, 9.17) is 0 Å². The summed E-state index contributed by atoms with van der Waals surface area (Å²) in [4.78, 5) is 15.4. The first-order chi connectivity index (χ1) is 6.18. The molecular formula is C8H15N3OS. The van der Waals surface area contributed by atoms with Gasteiger partial charge in [0.1, 0.15) is 0 Å². The Bertz CT molecular complexity index is 215. The van der Waals surface area contributed by atoms with Gasteiger partial charge in [0, 0.05) is 12.6 Å². The molecule has 0 unspecified atom stereocenters. The fourth-order valence-corrected chi connectivity index (χ4v) is 1.71. The lowest BCUT2D eigenvalue weighted by Gasteiger charge is -2.07. The van der Waals surface area contributed by atoms with Crippen LogP contribution in [0.25, 0.3) is 0 Å². The number of thioether (sulfide) groups is 1. The van der Waals surface area contributed by atoms with Gasteiger partial charge in [-0.3, -0.25) is 9.79 Å². The standard InChI is InChI=1S/C8H15N3OS/c1-6(2)11-7(12)5-13-8-9-3-4-10-8/h6H,3-5H2,1-2H3,(H,9,10)(H,11,12). The molecule has 0 aromatic heterocycles. The monoisotopic (exact) mass is 201 g/mol. The van der Waals surface area contributed by atoms with Gasteiger partial charge in [-0.1, -0.05) is 11.8 Å². The molecule has 0 spiro atoms. The second-order valence-corrected chi connectivity index (χ2v) is 4.09. The number of amidine groups is 1. The van der Waals surface area contributed by atoms with Gasteiger partial charge in [0.15, 0.2) is 5.17 Å². The first-order valence-corrected chi connectivity index (χ1v) is 5.37. The Kier molecular flexibility index (Phi) is 4.08. The number of nitrogens with zero attached hydrogens (tertiary/aromatic N) is 1. The Balaban J connectivity index is 2.14. The van der Waals surface area contributed by atoms with Gasteiger partial charge in [-0.2, -0.15) is 0 Å². The van der Waals surface area contributed by atoms with E-state index < -0.39 is 0 Å². The van der Waals surface area contributed by atoms with Crippen LogP contribution in [0.5, 0.6) is 0 Å². The largest absolute Gasteiger partial charge is 0.363 e. The summed E-state index contributed by atoms with van der Waals surface area (Å²) >= 11 is 1.46. The number of carbonyl (C=O) groups is 1. The van der Waals surface area contributed by atoms with Crippen LogP contribution in [-0.2, 0) is 4.79 Å². The number of amides is 1. The van der Waals surface area contributed by atoms with E-state index in [9.17, 15) is 4.79 Å². The molecule has 1 aliphatic rings. The van der Waals surface area contributed by atoms with Crippen LogP contribution in [0.4, 0.5) is 0 Å². The summed E-state index contributed by atoms with van der Waals surface area (Å²) in [5.41, 5.74) is 0. The first-order valence-electron chi connectivity index (χ1n) is 4.39. The van der Waals surface area contributed by atoms with E-state index in [0.717, 1.165) is 18.3 Å². The van der Waals surface area contributed by atoms with Crippen molar-refractivity contribution in [3.63, 3.8) is 0 Å². The summed E-state index contributed by atoms with van der Waals surface area (Å²) in [6, 6.07) is 0.214. The van der Waals surface area contributed by atoms with E-state index in [1.165, 1.54) is 11.8 Å². The third kappa shape index (κ3) is 4.17. The van der Waals surface area contributed by atoms with Gasteiger partial charge in [-0.15, -0.1) is 0 Å². The molecule has 0 aliphatic carbocycles. The highest BCUT2D eigenvalue weighted by atomic mass is 32.2. The quantitative estimate of drug-likeness (QED) is 0.686. The number of nitrogens with one attached hydrogen (secondary N) is 2. The van der Waals surface area contributed by atoms with Crippen LogP contribution in [-0.4, -0.2) is 36.0 Å². The molecule has 0 fully saturated rings. The molecule has 0 saturated heterocycles. The highest BCUT2D eigenvalue weighted by molar-refractivity contribution is 8.14. The van der Waals surface area contributed by atoms with E-state index in [1.54, 1.807) is 0 Å². The van der Waals surface area contributed by atoms with Crippen LogP contribution in [0.3, 0.4) is 0 Å². The molecule has 0 atom stereocenters. The van der Waals surface area contributed by atoms with Crippen molar-refractivity contribution < 1.29 is 4.79 Å². The molecule has 74 valence electrons. The van der Waals surface area contributed by atoms with Crippen molar-refractivity contribution in [1.82, 2.24) is 10.6 Å². The molecule has 0 radical (unpaired) electrons. The van der Waals surface area contributed by atoms with Gasteiger partial charge in [-0.25, -0.2) is 0 Å². The molecule has 4 nitrogen and oxygen atoms in total. The molecule has 0 aromatic rings. The predicted octanol–water partition coefficient (Wildman–Crippen LogP) is 0.203. The average Bonchev–Trinajstić information content (AvgIpc) is 2.51. The Morgan fingerprint density at radius 3 is 3.08 bits per heavy atom. The molecule has 5 heteroatoms. The van der Waals surface area contributed by atoms with Crippen LogP contribution in [0.1, 0.15) is 13.8 Å². The minimum atomic E-state index is 0.0661. The van der Waals surface area contributed by atoms with E-state index in [0.29, 0.717) is 5.75 Å². The topological polar surface area (TPSA) is 53.5 Å². The van der Waals surface area contributed by atoms with Crippen molar-refractivity contribution in [3.8, 4) is 0 Å². The number of aliphatic imine (C=N–C) groups is 1. The maximum absolute atomic E-state index is 11.2. The molecule has 0 aromatic carbocycles.